The van der Waals surface area contributed by atoms with Crippen molar-refractivity contribution in [1.29, 1.82) is 0 Å². The second-order valence-corrected chi connectivity index (χ2v) is 10.5. The molecule has 11 nitrogen and oxygen atoms in total. The maximum absolute atomic E-state index is 13.1. The number of halogens is 2. The first-order valence-corrected chi connectivity index (χ1v) is 12.8. The van der Waals surface area contributed by atoms with Crippen LogP contribution in [-0.4, -0.2) is 45.1 Å². The molecule has 2 aliphatic rings. The molecule has 2 saturated heterocycles. The van der Waals surface area contributed by atoms with Gasteiger partial charge in [0.2, 0.25) is 5.95 Å². The fourth-order valence-corrected chi connectivity index (χ4v) is 5.97. The summed E-state index contributed by atoms with van der Waals surface area (Å²) in [5.41, 5.74) is 6.43. The van der Waals surface area contributed by atoms with Gasteiger partial charge in [-0.1, -0.05) is 35.8 Å². The number of aromatic nitrogens is 3. The van der Waals surface area contributed by atoms with Gasteiger partial charge in [0.15, 0.2) is 11.9 Å². The molecule has 4 N–H and O–H groups in total. The minimum Gasteiger partial charge on any atom is -0.386 e. The van der Waals surface area contributed by atoms with Crippen LogP contribution in [0.25, 0.3) is 11.0 Å². The quantitative estimate of drug-likeness (QED) is 0.323. The lowest BCUT2D eigenvalue weighted by atomic mass is 10.1. The number of phosphoric ester groups is 1. The van der Waals surface area contributed by atoms with Crippen molar-refractivity contribution in [3.05, 3.63) is 68.6 Å². The van der Waals surface area contributed by atoms with Crippen LogP contribution in [-0.2, 0) is 22.9 Å². The van der Waals surface area contributed by atoms with Crippen LogP contribution >= 0.6 is 31.0 Å². The Bertz CT molecular complexity index is 1410. The molecular formula is C21H21Cl2N4O7P. The molecule has 0 amide bonds. The summed E-state index contributed by atoms with van der Waals surface area (Å²) in [6, 6.07) is 6.47. The number of H-pyrrole nitrogens is 1. The Hall–Kier alpha value is -2.21. The first kappa shape index (κ1) is 24.5. The number of nitrogen functional groups attached to an aromatic ring is 1. The third kappa shape index (κ3) is 4.66. The van der Waals surface area contributed by atoms with E-state index in [0.29, 0.717) is 33.0 Å². The summed E-state index contributed by atoms with van der Waals surface area (Å²) in [6.07, 6.45) is -1.60. The molecule has 5 atom stereocenters. The molecule has 4 heterocycles. The van der Waals surface area contributed by atoms with E-state index in [2.05, 4.69) is 16.5 Å². The van der Waals surface area contributed by atoms with Crippen molar-refractivity contribution in [3.8, 4) is 0 Å². The maximum Gasteiger partial charge on any atom is 0.475 e. The summed E-state index contributed by atoms with van der Waals surface area (Å²) in [4.78, 5) is 18.7. The van der Waals surface area contributed by atoms with E-state index in [-0.39, 0.29) is 24.8 Å². The van der Waals surface area contributed by atoms with Crippen LogP contribution in [0.2, 0.25) is 10.0 Å². The van der Waals surface area contributed by atoms with Gasteiger partial charge < -0.3 is 20.1 Å². The molecular weight excluding hydrogens is 522 g/mol. The van der Waals surface area contributed by atoms with Gasteiger partial charge in [0.1, 0.15) is 12.2 Å². The van der Waals surface area contributed by atoms with Crippen LogP contribution in [0.4, 0.5) is 5.95 Å². The fraction of sp³-hybridized carbons (Fsp3) is 0.333. The predicted molar refractivity (Wildman–Crippen MR) is 128 cm³/mol. The van der Waals surface area contributed by atoms with E-state index < -0.39 is 37.9 Å². The number of nitrogens with one attached hydrogen (secondary N) is 1. The van der Waals surface area contributed by atoms with Crippen molar-refractivity contribution >= 4 is 48.0 Å². The summed E-state index contributed by atoms with van der Waals surface area (Å²) >= 11 is 12.2. The number of ether oxygens (including phenoxy) is 1. The van der Waals surface area contributed by atoms with Gasteiger partial charge in [-0.3, -0.25) is 23.3 Å². The number of hydrogen-bond acceptors (Lipinski definition) is 9. The van der Waals surface area contributed by atoms with Crippen LogP contribution in [0.1, 0.15) is 24.3 Å². The number of fused-ring (bicyclic) bond motifs is 1. The highest BCUT2D eigenvalue weighted by Gasteiger charge is 2.43. The van der Waals surface area contributed by atoms with Crippen molar-refractivity contribution in [1.82, 2.24) is 14.5 Å². The van der Waals surface area contributed by atoms with Crippen molar-refractivity contribution in [2.75, 3.05) is 18.9 Å². The van der Waals surface area contributed by atoms with Gasteiger partial charge in [-0.2, -0.15) is 4.98 Å². The van der Waals surface area contributed by atoms with Crippen molar-refractivity contribution in [2.45, 2.75) is 31.0 Å². The largest absolute Gasteiger partial charge is 0.475 e. The highest BCUT2D eigenvalue weighted by Crippen LogP contribution is 2.58. The molecule has 0 spiro atoms. The lowest BCUT2D eigenvalue weighted by molar-refractivity contribution is -0.0520. The smallest absolute Gasteiger partial charge is 0.386 e. The number of phosphoric acid groups is 1. The highest BCUT2D eigenvalue weighted by molar-refractivity contribution is 7.48. The Labute approximate surface area is 209 Å². The average molecular weight is 543 g/mol. The number of hydrogen-bond donors (Lipinski definition) is 3. The molecule has 0 radical (unpaired) electrons. The molecule has 5 rings (SSSR count). The Kier molecular flexibility index (Phi) is 6.54. The number of anilines is 1. The van der Waals surface area contributed by atoms with Gasteiger partial charge in [0, 0.05) is 33.8 Å². The van der Waals surface area contributed by atoms with Crippen LogP contribution in [0.3, 0.4) is 0 Å². The Morgan fingerprint density at radius 2 is 2.17 bits per heavy atom. The van der Waals surface area contributed by atoms with Crippen molar-refractivity contribution in [2.24, 2.45) is 0 Å². The summed E-state index contributed by atoms with van der Waals surface area (Å²) in [6.45, 7) is 3.70. The SMILES string of the molecule is C=C1[C@H](n2ccc3c(=O)[nH]c(N)nc32)O[C@H](COP2(=O)OCC[C@H](c3ccc(Cl)cc3Cl)O2)[C@H]1O. The van der Waals surface area contributed by atoms with Crippen molar-refractivity contribution in [3.63, 3.8) is 0 Å². The van der Waals surface area contributed by atoms with E-state index in [0.717, 1.165) is 0 Å². The summed E-state index contributed by atoms with van der Waals surface area (Å²) in [5.74, 6) is -0.0634. The number of nitrogens with two attached hydrogens (primary N) is 1. The average Bonchev–Trinajstić information content (AvgIpc) is 3.33. The lowest BCUT2D eigenvalue weighted by Gasteiger charge is -2.30. The molecule has 2 aromatic heterocycles. The number of benzene rings is 1. The summed E-state index contributed by atoms with van der Waals surface area (Å²) < 4.78 is 37.0. The number of aromatic amines is 1. The molecule has 186 valence electrons. The van der Waals surface area contributed by atoms with E-state index in [4.69, 9.17) is 47.2 Å². The van der Waals surface area contributed by atoms with Gasteiger partial charge in [-0.05, 0) is 18.2 Å². The number of aliphatic hydroxyl groups is 1. The minimum atomic E-state index is -3.99. The second-order valence-electron chi connectivity index (χ2n) is 8.08. The second kappa shape index (κ2) is 9.34. The molecule has 0 aliphatic carbocycles. The number of aliphatic hydroxyl groups excluding tert-OH is 1. The molecule has 1 unspecified atom stereocenters. The number of rotatable bonds is 5. The standard InChI is InChI=1S/C21H21Cl2N4O7P/c1-10-17(28)16(33-20(10)27-6-4-13-18(27)25-21(24)26-19(13)29)9-32-35(30)31-7-5-15(34-35)12-3-2-11(22)8-14(12)23/h2-4,6,8,15-17,20,28H,1,5,7,9H2,(H3,24,25,26,29)/t15-,16-,17+,20-,35?/m1/s1. The highest BCUT2D eigenvalue weighted by atomic mass is 35.5. The zero-order valence-corrected chi connectivity index (χ0v) is 20.5. The van der Waals surface area contributed by atoms with Gasteiger partial charge in [0.05, 0.1) is 24.7 Å². The van der Waals surface area contributed by atoms with E-state index in [1.807, 2.05) is 0 Å². The zero-order chi connectivity index (χ0) is 24.9. The van der Waals surface area contributed by atoms with Gasteiger partial charge >= 0.3 is 7.82 Å². The molecule has 0 saturated carbocycles. The van der Waals surface area contributed by atoms with Crippen LogP contribution in [0.15, 0.2) is 47.4 Å². The molecule has 1 aromatic carbocycles. The van der Waals surface area contributed by atoms with Crippen molar-refractivity contribution < 1.29 is 28.0 Å². The first-order chi connectivity index (χ1) is 16.6. The molecule has 14 heteroatoms. The Balaban J connectivity index is 1.30. The third-order valence-electron chi connectivity index (χ3n) is 5.80. The lowest BCUT2D eigenvalue weighted by Crippen LogP contribution is -2.27. The van der Waals surface area contributed by atoms with E-state index in [9.17, 15) is 14.5 Å². The van der Waals surface area contributed by atoms with Gasteiger partial charge in [-0.25, -0.2) is 4.57 Å². The molecule has 35 heavy (non-hydrogen) atoms. The van der Waals surface area contributed by atoms with Crippen LogP contribution in [0, 0.1) is 0 Å². The van der Waals surface area contributed by atoms with Gasteiger partial charge in [0.25, 0.3) is 5.56 Å². The molecule has 0 bridgehead atoms. The first-order valence-electron chi connectivity index (χ1n) is 10.6. The Morgan fingerprint density at radius 3 is 2.94 bits per heavy atom. The normalized spacial score (nSPS) is 29.2. The van der Waals surface area contributed by atoms with E-state index >= 15 is 0 Å². The van der Waals surface area contributed by atoms with Crippen LogP contribution in [0.5, 0.6) is 0 Å². The topological polar surface area (TPSA) is 151 Å². The van der Waals surface area contributed by atoms with Gasteiger partial charge in [-0.15, -0.1) is 0 Å². The third-order valence-corrected chi connectivity index (χ3v) is 7.84. The minimum absolute atomic E-state index is 0.0634. The molecule has 2 aliphatic heterocycles. The molecule has 3 aromatic rings. The Morgan fingerprint density at radius 1 is 1.37 bits per heavy atom. The predicted octanol–water partition coefficient (Wildman–Crippen LogP) is 3.73. The van der Waals surface area contributed by atoms with E-state index in [1.165, 1.54) is 4.57 Å². The van der Waals surface area contributed by atoms with E-state index in [1.54, 1.807) is 30.5 Å². The van der Waals surface area contributed by atoms with Crippen LogP contribution < -0.4 is 11.3 Å². The summed E-state index contributed by atoms with van der Waals surface area (Å²) in [5, 5.41) is 11.8. The fourth-order valence-electron chi connectivity index (χ4n) is 4.05. The molecule has 2 fully saturated rings. The summed E-state index contributed by atoms with van der Waals surface area (Å²) in [7, 11) is -3.99. The maximum atomic E-state index is 13.1. The monoisotopic (exact) mass is 542 g/mol. The number of nitrogens with zero attached hydrogens (tertiary/aromatic N) is 2. The zero-order valence-electron chi connectivity index (χ0n) is 18.1.